The number of hydrogen-bond acceptors (Lipinski definition) is 6. The van der Waals surface area contributed by atoms with Crippen LogP contribution in [0.4, 0.5) is 5.82 Å². The summed E-state index contributed by atoms with van der Waals surface area (Å²) in [4.78, 5) is 0. The Morgan fingerprint density at radius 3 is 2.82 bits per heavy atom. The third-order valence-electron chi connectivity index (χ3n) is 3.10. The summed E-state index contributed by atoms with van der Waals surface area (Å²) >= 11 is 0. The molecule has 7 heteroatoms. The van der Waals surface area contributed by atoms with Crippen LogP contribution in [0.15, 0.2) is 12.1 Å². The molecule has 92 valence electrons. The van der Waals surface area contributed by atoms with Crippen LogP contribution in [-0.2, 0) is 0 Å². The van der Waals surface area contributed by atoms with Crippen molar-refractivity contribution in [2.75, 3.05) is 11.9 Å². The lowest BCUT2D eigenvalue weighted by atomic mass is 9.94. The van der Waals surface area contributed by atoms with Crippen LogP contribution in [0, 0.1) is 0 Å². The third-order valence-corrected chi connectivity index (χ3v) is 3.10. The van der Waals surface area contributed by atoms with Gasteiger partial charge in [0.1, 0.15) is 5.82 Å². The minimum absolute atomic E-state index is 0.197. The molecule has 2 aromatic heterocycles. The van der Waals surface area contributed by atoms with E-state index in [1.54, 1.807) is 0 Å². The van der Waals surface area contributed by atoms with Gasteiger partial charge in [-0.3, -0.25) is 0 Å². The summed E-state index contributed by atoms with van der Waals surface area (Å²) in [5.41, 5.74) is 6.63. The summed E-state index contributed by atoms with van der Waals surface area (Å²) in [6.07, 6.45) is 1.84. The van der Waals surface area contributed by atoms with Crippen molar-refractivity contribution in [3.8, 4) is 0 Å². The number of hydrogen-bond donors (Lipinski definition) is 2. The number of tetrazole rings is 1. The molecular weight excluding hydrogens is 218 g/mol. The Kier molecular flexibility index (Phi) is 3.19. The van der Waals surface area contributed by atoms with Crippen LogP contribution in [0.25, 0.3) is 5.65 Å². The molecule has 0 saturated carbocycles. The number of nitrogens with two attached hydrogens (primary N) is 1. The first kappa shape index (κ1) is 11.7. The molecule has 0 aliphatic heterocycles. The van der Waals surface area contributed by atoms with E-state index in [4.69, 9.17) is 5.73 Å². The van der Waals surface area contributed by atoms with Crippen LogP contribution >= 0.6 is 0 Å². The monoisotopic (exact) mass is 235 g/mol. The number of nitrogens with zero attached hydrogens (tertiary/aromatic N) is 5. The maximum Gasteiger partial charge on any atom is 0.200 e. The fourth-order valence-corrected chi connectivity index (χ4v) is 1.51. The van der Waals surface area contributed by atoms with Gasteiger partial charge in [-0.1, -0.05) is 13.8 Å². The van der Waals surface area contributed by atoms with Gasteiger partial charge in [0, 0.05) is 12.1 Å². The zero-order chi connectivity index (χ0) is 12.3. The van der Waals surface area contributed by atoms with Gasteiger partial charge in [-0.05, 0) is 35.4 Å². The lowest BCUT2D eigenvalue weighted by molar-refractivity contribution is 0.417. The van der Waals surface area contributed by atoms with E-state index < -0.39 is 0 Å². The van der Waals surface area contributed by atoms with E-state index >= 15 is 0 Å². The van der Waals surface area contributed by atoms with Crippen molar-refractivity contribution < 1.29 is 0 Å². The second-order valence-electron chi connectivity index (χ2n) is 4.17. The summed E-state index contributed by atoms with van der Waals surface area (Å²) in [5, 5.41) is 18.5. The molecule has 0 bridgehead atoms. The zero-order valence-corrected chi connectivity index (χ0v) is 10.1. The van der Waals surface area contributed by atoms with Gasteiger partial charge in [0.25, 0.3) is 0 Å². The van der Waals surface area contributed by atoms with Gasteiger partial charge < -0.3 is 11.1 Å². The Labute approximate surface area is 99.4 Å². The molecule has 0 unspecified atom stereocenters. The Balaban J connectivity index is 2.08. The Hall–Kier alpha value is -1.76. The van der Waals surface area contributed by atoms with Crippen LogP contribution in [-0.4, -0.2) is 37.3 Å². The Morgan fingerprint density at radius 2 is 2.12 bits per heavy atom. The second kappa shape index (κ2) is 4.62. The van der Waals surface area contributed by atoms with E-state index in [-0.39, 0.29) is 5.54 Å². The lowest BCUT2D eigenvalue weighted by Gasteiger charge is -2.26. The van der Waals surface area contributed by atoms with Gasteiger partial charge in [-0.15, -0.1) is 14.8 Å². The molecule has 0 spiro atoms. The number of anilines is 1. The molecule has 3 N–H and O–H groups in total. The van der Waals surface area contributed by atoms with E-state index in [0.717, 1.165) is 18.7 Å². The van der Waals surface area contributed by atoms with Gasteiger partial charge in [-0.2, -0.15) is 0 Å². The van der Waals surface area contributed by atoms with Gasteiger partial charge in [0.15, 0.2) is 5.65 Å². The first-order chi connectivity index (χ1) is 8.17. The molecule has 0 atom stereocenters. The molecule has 0 saturated heterocycles. The molecule has 0 aliphatic rings. The number of nitrogens with one attached hydrogen (secondary N) is 1. The number of fused-ring (bicyclic) bond motifs is 1. The summed E-state index contributed by atoms with van der Waals surface area (Å²) < 4.78 is 1.39. The maximum absolute atomic E-state index is 6.20. The second-order valence-corrected chi connectivity index (χ2v) is 4.17. The van der Waals surface area contributed by atoms with Crippen LogP contribution in [0.3, 0.4) is 0 Å². The van der Waals surface area contributed by atoms with Crippen LogP contribution in [0.1, 0.15) is 26.7 Å². The molecule has 0 amide bonds. The van der Waals surface area contributed by atoms with Gasteiger partial charge in [0.05, 0.1) is 0 Å². The first-order valence-corrected chi connectivity index (χ1v) is 5.75. The maximum atomic E-state index is 6.20. The van der Waals surface area contributed by atoms with Crippen molar-refractivity contribution in [2.24, 2.45) is 5.73 Å². The fraction of sp³-hybridized carbons (Fsp3) is 0.600. The molecule has 0 aliphatic carbocycles. The number of rotatable bonds is 5. The lowest BCUT2D eigenvalue weighted by Crippen LogP contribution is -2.45. The van der Waals surface area contributed by atoms with Crippen molar-refractivity contribution in [3.63, 3.8) is 0 Å². The van der Waals surface area contributed by atoms with Crippen LogP contribution in [0.2, 0.25) is 0 Å². The van der Waals surface area contributed by atoms with E-state index in [1.807, 2.05) is 12.1 Å². The molecule has 2 aromatic rings. The predicted molar refractivity (Wildman–Crippen MR) is 64.6 cm³/mol. The summed E-state index contributed by atoms with van der Waals surface area (Å²) in [6, 6.07) is 3.66. The highest BCUT2D eigenvalue weighted by molar-refractivity contribution is 5.42. The van der Waals surface area contributed by atoms with E-state index in [9.17, 15) is 0 Å². The Bertz CT molecular complexity index is 488. The van der Waals surface area contributed by atoms with E-state index in [2.05, 4.69) is 39.8 Å². The quantitative estimate of drug-likeness (QED) is 0.781. The number of aromatic nitrogens is 5. The summed E-state index contributed by atoms with van der Waals surface area (Å²) in [5.74, 6) is 0.724. The molecule has 2 rings (SSSR count). The normalized spacial score (nSPS) is 11.9. The van der Waals surface area contributed by atoms with Crippen LogP contribution in [0.5, 0.6) is 0 Å². The van der Waals surface area contributed by atoms with Gasteiger partial charge >= 0.3 is 0 Å². The zero-order valence-electron chi connectivity index (χ0n) is 10.1. The average Bonchev–Trinajstić information content (AvgIpc) is 2.83. The standard InChI is InChI=1S/C10H17N7/c1-3-10(11,4-2)7-12-8-5-6-9-13-15-16-17(9)14-8/h5-6H,3-4,7,11H2,1-2H3,(H,12,14). The molecular formula is C10H17N7. The van der Waals surface area contributed by atoms with Crippen molar-refractivity contribution in [3.05, 3.63) is 12.1 Å². The van der Waals surface area contributed by atoms with Gasteiger partial charge in [0.2, 0.25) is 0 Å². The third kappa shape index (κ3) is 2.50. The van der Waals surface area contributed by atoms with Crippen molar-refractivity contribution >= 4 is 11.5 Å². The smallest absolute Gasteiger partial charge is 0.200 e. The molecule has 0 fully saturated rings. The largest absolute Gasteiger partial charge is 0.367 e. The molecule has 2 heterocycles. The predicted octanol–water partition coefficient (Wildman–Crippen LogP) is 0.449. The van der Waals surface area contributed by atoms with Gasteiger partial charge in [-0.25, -0.2) is 0 Å². The first-order valence-electron chi connectivity index (χ1n) is 5.75. The minimum atomic E-state index is -0.197. The molecule has 7 nitrogen and oxygen atoms in total. The fourth-order valence-electron chi connectivity index (χ4n) is 1.51. The average molecular weight is 235 g/mol. The highest BCUT2D eigenvalue weighted by atomic mass is 15.6. The highest BCUT2D eigenvalue weighted by Crippen LogP contribution is 2.12. The van der Waals surface area contributed by atoms with Crippen molar-refractivity contribution in [1.82, 2.24) is 25.3 Å². The topological polar surface area (TPSA) is 94.0 Å². The van der Waals surface area contributed by atoms with Crippen molar-refractivity contribution in [1.29, 1.82) is 0 Å². The SMILES string of the molecule is CCC(N)(CC)CNc1ccc2nnnn2n1. The van der Waals surface area contributed by atoms with E-state index in [0.29, 0.717) is 12.2 Å². The molecule has 0 aromatic carbocycles. The summed E-state index contributed by atoms with van der Waals surface area (Å²) in [7, 11) is 0. The minimum Gasteiger partial charge on any atom is -0.367 e. The molecule has 0 radical (unpaired) electrons. The summed E-state index contributed by atoms with van der Waals surface area (Å²) in [6.45, 7) is 4.85. The Morgan fingerprint density at radius 1 is 1.35 bits per heavy atom. The van der Waals surface area contributed by atoms with E-state index in [1.165, 1.54) is 4.63 Å². The molecule has 17 heavy (non-hydrogen) atoms. The highest BCUT2D eigenvalue weighted by Gasteiger charge is 2.19. The van der Waals surface area contributed by atoms with Crippen LogP contribution < -0.4 is 11.1 Å². The van der Waals surface area contributed by atoms with Crippen molar-refractivity contribution in [2.45, 2.75) is 32.2 Å².